The summed E-state index contributed by atoms with van der Waals surface area (Å²) in [5.41, 5.74) is 0.254. The molecule has 0 aliphatic carbocycles. The van der Waals surface area contributed by atoms with Gasteiger partial charge in [-0.2, -0.15) is 8.42 Å². The largest absolute Gasteiger partial charge is 0.376 e. The van der Waals surface area contributed by atoms with Crippen LogP contribution in [0.2, 0.25) is 0 Å². The second kappa shape index (κ2) is 7.57. The van der Waals surface area contributed by atoms with E-state index in [0.29, 0.717) is 19.6 Å². The highest BCUT2D eigenvalue weighted by molar-refractivity contribution is 7.86. The van der Waals surface area contributed by atoms with E-state index < -0.39 is 15.7 Å². The monoisotopic (exact) mass is 328 g/mol. The van der Waals surface area contributed by atoms with Crippen molar-refractivity contribution in [1.29, 1.82) is 0 Å². The van der Waals surface area contributed by atoms with E-state index in [4.69, 9.17) is 8.92 Å². The Kier molecular flexibility index (Phi) is 6.59. The third-order valence-corrected chi connectivity index (χ3v) is 4.40. The molecule has 126 valence electrons. The maximum absolute atomic E-state index is 11.4. The van der Waals surface area contributed by atoms with Gasteiger partial charge in [0.2, 0.25) is 0 Å². The van der Waals surface area contributed by atoms with Crippen molar-refractivity contribution < 1.29 is 17.3 Å². The van der Waals surface area contributed by atoms with E-state index >= 15 is 0 Å². The number of benzene rings is 1. The zero-order chi connectivity index (χ0) is 16.9. The van der Waals surface area contributed by atoms with Crippen molar-refractivity contribution >= 4 is 10.1 Å². The van der Waals surface area contributed by atoms with E-state index in [-0.39, 0.29) is 5.41 Å². The Bertz CT molecular complexity index is 551. The molecule has 0 radical (unpaired) electrons. The van der Waals surface area contributed by atoms with E-state index in [9.17, 15) is 8.42 Å². The van der Waals surface area contributed by atoms with Gasteiger partial charge in [-0.05, 0) is 37.7 Å². The lowest BCUT2D eigenvalue weighted by Gasteiger charge is -2.36. The first-order valence-electron chi connectivity index (χ1n) is 7.58. The number of hydrogen-bond donors (Lipinski definition) is 0. The van der Waals surface area contributed by atoms with Crippen molar-refractivity contribution in [3.8, 4) is 0 Å². The predicted molar refractivity (Wildman–Crippen MR) is 89.1 cm³/mol. The summed E-state index contributed by atoms with van der Waals surface area (Å²) in [6, 6.07) is 10.0. The van der Waals surface area contributed by atoms with Gasteiger partial charge in [0.15, 0.2) is 0 Å². The van der Waals surface area contributed by atoms with Crippen LogP contribution >= 0.6 is 0 Å². The van der Waals surface area contributed by atoms with Crippen LogP contribution in [0.15, 0.2) is 30.3 Å². The molecule has 1 aromatic rings. The van der Waals surface area contributed by atoms with Crippen LogP contribution in [0.25, 0.3) is 0 Å². The summed E-state index contributed by atoms with van der Waals surface area (Å²) in [6.07, 6.45) is 2.58. The molecule has 0 N–H and O–H groups in total. The predicted octanol–water partition coefficient (Wildman–Crippen LogP) is 3.76. The molecule has 1 aromatic carbocycles. The second-order valence-electron chi connectivity index (χ2n) is 6.87. The summed E-state index contributed by atoms with van der Waals surface area (Å²) >= 11 is 0. The summed E-state index contributed by atoms with van der Waals surface area (Å²) in [5.74, 6) is 0. The molecular formula is C17H28O4S. The zero-order valence-electron chi connectivity index (χ0n) is 14.3. The molecule has 0 bridgehead atoms. The molecule has 0 spiro atoms. The first-order chi connectivity index (χ1) is 10.1. The third kappa shape index (κ3) is 7.38. The lowest BCUT2D eigenvalue weighted by molar-refractivity contribution is -0.0102. The van der Waals surface area contributed by atoms with E-state index in [1.807, 2.05) is 30.3 Å². The smallest absolute Gasteiger partial charge is 0.264 e. The Morgan fingerprint density at radius 3 is 2.18 bits per heavy atom. The summed E-state index contributed by atoms with van der Waals surface area (Å²) in [7, 11) is -3.47. The Morgan fingerprint density at radius 2 is 1.68 bits per heavy atom. The van der Waals surface area contributed by atoms with E-state index in [0.717, 1.165) is 18.2 Å². The molecule has 4 nitrogen and oxygen atoms in total. The molecule has 1 atom stereocenters. The molecular weight excluding hydrogens is 300 g/mol. The Balaban J connectivity index is 2.59. The average molecular weight is 328 g/mol. The SMILES string of the molecule is CCC(C)(COCc1ccccc1)CC(C)(C)OS(C)(=O)=O. The molecule has 1 unspecified atom stereocenters. The van der Waals surface area contributed by atoms with Gasteiger partial charge in [-0.3, -0.25) is 4.18 Å². The topological polar surface area (TPSA) is 52.6 Å². The molecule has 0 heterocycles. The number of rotatable bonds is 9. The fourth-order valence-electron chi connectivity index (χ4n) is 2.73. The molecule has 0 saturated carbocycles. The van der Waals surface area contributed by atoms with Crippen molar-refractivity contribution in [1.82, 2.24) is 0 Å². The van der Waals surface area contributed by atoms with Gasteiger partial charge in [0.1, 0.15) is 0 Å². The van der Waals surface area contributed by atoms with Crippen LogP contribution in [0.4, 0.5) is 0 Å². The zero-order valence-corrected chi connectivity index (χ0v) is 15.1. The van der Waals surface area contributed by atoms with Crippen molar-refractivity contribution in [2.75, 3.05) is 12.9 Å². The van der Waals surface area contributed by atoms with Crippen molar-refractivity contribution in [2.24, 2.45) is 5.41 Å². The van der Waals surface area contributed by atoms with Crippen LogP contribution in [0.5, 0.6) is 0 Å². The number of ether oxygens (including phenoxy) is 1. The summed E-state index contributed by atoms with van der Waals surface area (Å²) in [5, 5.41) is 0. The first kappa shape index (κ1) is 19.1. The van der Waals surface area contributed by atoms with Gasteiger partial charge in [0, 0.05) is 0 Å². The highest BCUT2D eigenvalue weighted by atomic mass is 32.2. The van der Waals surface area contributed by atoms with Crippen molar-refractivity contribution in [2.45, 2.75) is 52.7 Å². The summed E-state index contributed by atoms with van der Waals surface area (Å²) < 4.78 is 33.8. The lowest BCUT2D eigenvalue weighted by atomic mass is 9.78. The Hall–Kier alpha value is -0.910. The molecule has 5 heteroatoms. The maximum Gasteiger partial charge on any atom is 0.264 e. The van der Waals surface area contributed by atoms with Crippen LogP contribution in [0.3, 0.4) is 0 Å². The third-order valence-electron chi connectivity index (χ3n) is 3.65. The number of hydrogen-bond acceptors (Lipinski definition) is 4. The normalized spacial score (nSPS) is 15.5. The molecule has 0 aliphatic heterocycles. The van der Waals surface area contributed by atoms with E-state index in [1.165, 1.54) is 0 Å². The van der Waals surface area contributed by atoms with Crippen LogP contribution < -0.4 is 0 Å². The minimum atomic E-state index is -3.47. The quantitative estimate of drug-likeness (QED) is 0.648. The maximum atomic E-state index is 11.4. The van der Waals surface area contributed by atoms with Gasteiger partial charge < -0.3 is 4.74 Å². The second-order valence-corrected chi connectivity index (χ2v) is 8.44. The van der Waals surface area contributed by atoms with Gasteiger partial charge in [-0.1, -0.05) is 44.2 Å². The van der Waals surface area contributed by atoms with Gasteiger partial charge in [-0.25, -0.2) is 0 Å². The minimum absolute atomic E-state index is 0.136. The van der Waals surface area contributed by atoms with Gasteiger partial charge in [0.05, 0.1) is 25.1 Å². The molecule has 0 saturated heterocycles. The van der Waals surface area contributed by atoms with Crippen molar-refractivity contribution in [3.05, 3.63) is 35.9 Å². The van der Waals surface area contributed by atoms with Gasteiger partial charge >= 0.3 is 0 Å². The standard InChI is InChI=1S/C17H28O4S/c1-6-17(4,13-16(2,3)21-22(5,18)19)14-20-12-15-10-8-7-9-11-15/h7-11H,6,12-14H2,1-5H3. The summed E-state index contributed by atoms with van der Waals surface area (Å²) in [6.45, 7) is 8.92. The first-order valence-corrected chi connectivity index (χ1v) is 9.39. The molecule has 0 fully saturated rings. The van der Waals surface area contributed by atoms with Crippen molar-refractivity contribution in [3.63, 3.8) is 0 Å². The van der Waals surface area contributed by atoms with Gasteiger partial charge in [0.25, 0.3) is 10.1 Å². The van der Waals surface area contributed by atoms with Crippen LogP contribution in [-0.4, -0.2) is 26.9 Å². The lowest BCUT2D eigenvalue weighted by Crippen LogP contribution is -2.37. The summed E-state index contributed by atoms with van der Waals surface area (Å²) in [4.78, 5) is 0. The van der Waals surface area contributed by atoms with Crippen LogP contribution in [0, 0.1) is 5.41 Å². The van der Waals surface area contributed by atoms with Gasteiger partial charge in [-0.15, -0.1) is 0 Å². The molecule has 22 heavy (non-hydrogen) atoms. The van der Waals surface area contributed by atoms with E-state index in [1.54, 1.807) is 13.8 Å². The average Bonchev–Trinajstić information content (AvgIpc) is 2.36. The Morgan fingerprint density at radius 1 is 1.09 bits per heavy atom. The molecule has 0 aliphatic rings. The fourth-order valence-corrected chi connectivity index (χ4v) is 3.61. The highest BCUT2D eigenvalue weighted by Crippen LogP contribution is 2.34. The van der Waals surface area contributed by atoms with Crippen LogP contribution in [0.1, 0.15) is 46.1 Å². The molecule has 1 rings (SSSR count). The van der Waals surface area contributed by atoms with E-state index in [2.05, 4.69) is 13.8 Å². The highest BCUT2D eigenvalue weighted by Gasteiger charge is 2.34. The molecule has 0 aromatic heterocycles. The Labute approximate surface area is 135 Å². The van der Waals surface area contributed by atoms with Crippen LogP contribution in [-0.2, 0) is 25.6 Å². The minimum Gasteiger partial charge on any atom is -0.376 e. The fraction of sp³-hybridized carbons (Fsp3) is 0.647. The molecule has 0 amide bonds.